The molecule has 1 N–H and O–H groups in total. The predicted octanol–water partition coefficient (Wildman–Crippen LogP) is 3.64. The summed E-state index contributed by atoms with van der Waals surface area (Å²) in [5.74, 6) is -0.142. The first-order chi connectivity index (χ1) is 11.0. The summed E-state index contributed by atoms with van der Waals surface area (Å²) >= 11 is 4.71. The second kappa shape index (κ2) is 8.21. The number of rotatable bonds is 6. The molecule has 0 saturated heterocycles. The number of carbonyl (C=O) groups excluding carboxylic acids is 2. The lowest BCUT2D eigenvalue weighted by molar-refractivity contribution is -0.117. The maximum absolute atomic E-state index is 12.7. The third-order valence-electron chi connectivity index (χ3n) is 2.96. The van der Waals surface area contributed by atoms with Crippen molar-refractivity contribution in [2.24, 2.45) is 5.92 Å². The molecular formula is C16H18BrN3O2S. The zero-order valence-electron chi connectivity index (χ0n) is 13.0. The van der Waals surface area contributed by atoms with Gasteiger partial charge in [-0.2, -0.15) is 0 Å². The normalized spacial score (nSPS) is 10.6. The van der Waals surface area contributed by atoms with Crippen molar-refractivity contribution in [3.05, 3.63) is 45.9 Å². The highest BCUT2D eigenvalue weighted by Crippen LogP contribution is 2.15. The van der Waals surface area contributed by atoms with E-state index in [1.165, 1.54) is 11.3 Å². The molecule has 1 aromatic carbocycles. The van der Waals surface area contributed by atoms with Crippen molar-refractivity contribution in [2.75, 3.05) is 18.4 Å². The highest BCUT2D eigenvalue weighted by atomic mass is 79.9. The van der Waals surface area contributed by atoms with Crippen molar-refractivity contribution < 1.29 is 9.59 Å². The van der Waals surface area contributed by atoms with Gasteiger partial charge in [0.25, 0.3) is 5.91 Å². The number of thiazole rings is 1. The molecule has 23 heavy (non-hydrogen) atoms. The Hall–Kier alpha value is -1.73. The molecule has 122 valence electrons. The van der Waals surface area contributed by atoms with Crippen molar-refractivity contribution in [1.82, 2.24) is 9.88 Å². The van der Waals surface area contributed by atoms with Crippen LogP contribution in [0.1, 0.15) is 24.2 Å². The number of hydrogen-bond acceptors (Lipinski definition) is 4. The minimum absolute atomic E-state index is 0.00308. The van der Waals surface area contributed by atoms with E-state index in [0.29, 0.717) is 17.2 Å². The SMILES string of the molecule is CC(C)CN(CC(=O)Nc1nccs1)C(=O)c1cccc(Br)c1. The Kier molecular flexibility index (Phi) is 6.29. The second-order valence-electron chi connectivity index (χ2n) is 5.48. The van der Waals surface area contributed by atoms with Gasteiger partial charge in [-0.15, -0.1) is 11.3 Å². The van der Waals surface area contributed by atoms with Crippen molar-refractivity contribution in [1.29, 1.82) is 0 Å². The Labute approximate surface area is 147 Å². The molecule has 1 aromatic heterocycles. The van der Waals surface area contributed by atoms with Gasteiger partial charge in [-0.25, -0.2) is 4.98 Å². The highest BCUT2D eigenvalue weighted by molar-refractivity contribution is 9.10. The van der Waals surface area contributed by atoms with Gasteiger partial charge in [0.2, 0.25) is 5.91 Å². The van der Waals surface area contributed by atoms with E-state index >= 15 is 0 Å². The summed E-state index contributed by atoms with van der Waals surface area (Å²) in [5, 5.41) is 5.03. The summed E-state index contributed by atoms with van der Waals surface area (Å²) < 4.78 is 0.833. The van der Waals surface area contributed by atoms with Crippen LogP contribution in [0.3, 0.4) is 0 Å². The van der Waals surface area contributed by atoms with Gasteiger partial charge in [0.05, 0.1) is 0 Å². The Morgan fingerprint density at radius 1 is 1.39 bits per heavy atom. The van der Waals surface area contributed by atoms with E-state index in [-0.39, 0.29) is 24.3 Å². The fraction of sp³-hybridized carbons (Fsp3) is 0.312. The number of nitrogens with one attached hydrogen (secondary N) is 1. The molecule has 0 bridgehead atoms. The average Bonchev–Trinajstić information content (AvgIpc) is 2.98. The van der Waals surface area contributed by atoms with Gasteiger partial charge in [0, 0.05) is 28.2 Å². The summed E-state index contributed by atoms with van der Waals surface area (Å²) in [6.07, 6.45) is 1.62. The molecule has 0 aliphatic rings. The molecule has 2 rings (SSSR count). The first-order valence-electron chi connectivity index (χ1n) is 7.20. The molecule has 0 radical (unpaired) electrons. The molecule has 0 aliphatic carbocycles. The van der Waals surface area contributed by atoms with Crippen molar-refractivity contribution in [3.8, 4) is 0 Å². The van der Waals surface area contributed by atoms with Crippen molar-refractivity contribution >= 4 is 44.2 Å². The molecule has 2 amide bonds. The lowest BCUT2D eigenvalue weighted by atomic mass is 10.1. The van der Waals surface area contributed by atoms with Gasteiger partial charge in [-0.1, -0.05) is 35.8 Å². The third kappa shape index (κ3) is 5.44. The van der Waals surface area contributed by atoms with Crippen LogP contribution in [-0.4, -0.2) is 34.8 Å². The van der Waals surface area contributed by atoms with E-state index in [9.17, 15) is 9.59 Å². The molecular weight excluding hydrogens is 378 g/mol. The largest absolute Gasteiger partial charge is 0.329 e. The topological polar surface area (TPSA) is 62.3 Å². The quantitative estimate of drug-likeness (QED) is 0.811. The number of carbonyl (C=O) groups is 2. The Morgan fingerprint density at radius 2 is 2.17 bits per heavy atom. The fourth-order valence-electron chi connectivity index (χ4n) is 2.08. The highest BCUT2D eigenvalue weighted by Gasteiger charge is 2.20. The fourth-order valence-corrected chi connectivity index (χ4v) is 3.03. The van der Waals surface area contributed by atoms with E-state index in [0.717, 1.165) is 4.47 Å². The van der Waals surface area contributed by atoms with E-state index in [1.807, 2.05) is 19.9 Å². The maximum atomic E-state index is 12.7. The Morgan fingerprint density at radius 3 is 2.78 bits per heavy atom. The molecule has 0 atom stereocenters. The summed E-state index contributed by atoms with van der Waals surface area (Å²) in [6.45, 7) is 4.54. The Bertz CT molecular complexity index is 674. The molecule has 1 heterocycles. The number of nitrogens with zero attached hydrogens (tertiary/aromatic N) is 2. The molecule has 0 saturated carbocycles. The number of hydrogen-bond donors (Lipinski definition) is 1. The average molecular weight is 396 g/mol. The summed E-state index contributed by atoms with van der Waals surface area (Å²) in [4.78, 5) is 30.4. The zero-order chi connectivity index (χ0) is 16.8. The number of amides is 2. The first kappa shape index (κ1) is 17.6. The molecule has 2 aromatic rings. The van der Waals surface area contributed by atoms with Crippen LogP contribution in [-0.2, 0) is 4.79 Å². The molecule has 7 heteroatoms. The first-order valence-corrected chi connectivity index (χ1v) is 8.87. The van der Waals surface area contributed by atoms with E-state index in [4.69, 9.17) is 0 Å². The van der Waals surface area contributed by atoms with Crippen LogP contribution in [0.25, 0.3) is 0 Å². The number of halogens is 1. The second-order valence-corrected chi connectivity index (χ2v) is 7.29. The monoisotopic (exact) mass is 395 g/mol. The standard InChI is InChI=1S/C16H18BrN3O2S/c1-11(2)9-20(10-14(21)19-16-18-6-7-23-16)15(22)12-4-3-5-13(17)8-12/h3-8,11H,9-10H2,1-2H3,(H,18,19,21). The van der Waals surface area contributed by atoms with Crippen LogP contribution in [0.5, 0.6) is 0 Å². The molecule has 0 unspecified atom stereocenters. The van der Waals surface area contributed by atoms with E-state index in [2.05, 4.69) is 26.2 Å². The molecule has 0 aliphatic heterocycles. The molecule has 5 nitrogen and oxygen atoms in total. The third-order valence-corrected chi connectivity index (χ3v) is 4.14. The van der Waals surface area contributed by atoms with Crippen molar-refractivity contribution in [3.63, 3.8) is 0 Å². The van der Waals surface area contributed by atoms with E-state index < -0.39 is 0 Å². The number of aromatic nitrogens is 1. The van der Waals surface area contributed by atoms with Crippen molar-refractivity contribution in [2.45, 2.75) is 13.8 Å². The summed E-state index contributed by atoms with van der Waals surface area (Å²) in [6, 6.07) is 7.17. The molecule has 0 spiro atoms. The van der Waals surface area contributed by atoms with Gasteiger partial charge < -0.3 is 10.2 Å². The predicted molar refractivity (Wildman–Crippen MR) is 95.6 cm³/mol. The van der Waals surface area contributed by atoms with Crippen LogP contribution < -0.4 is 5.32 Å². The van der Waals surface area contributed by atoms with E-state index in [1.54, 1.807) is 34.7 Å². The van der Waals surface area contributed by atoms with Gasteiger partial charge >= 0.3 is 0 Å². The van der Waals surface area contributed by atoms with Crippen LogP contribution in [0.15, 0.2) is 40.3 Å². The smallest absolute Gasteiger partial charge is 0.254 e. The summed E-state index contributed by atoms with van der Waals surface area (Å²) in [5.41, 5.74) is 0.557. The van der Waals surface area contributed by atoms with Gasteiger partial charge in [-0.05, 0) is 24.1 Å². The maximum Gasteiger partial charge on any atom is 0.254 e. The van der Waals surface area contributed by atoms with Gasteiger partial charge in [-0.3, -0.25) is 9.59 Å². The van der Waals surface area contributed by atoms with Crippen LogP contribution in [0.2, 0.25) is 0 Å². The minimum Gasteiger partial charge on any atom is -0.329 e. The number of anilines is 1. The summed E-state index contributed by atoms with van der Waals surface area (Å²) in [7, 11) is 0. The van der Waals surface area contributed by atoms with Gasteiger partial charge in [0.1, 0.15) is 6.54 Å². The lowest BCUT2D eigenvalue weighted by Gasteiger charge is -2.24. The lowest BCUT2D eigenvalue weighted by Crippen LogP contribution is -2.40. The Balaban J connectivity index is 2.09. The minimum atomic E-state index is -0.246. The van der Waals surface area contributed by atoms with Crippen LogP contribution in [0.4, 0.5) is 5.13 Å². The molecule has 0 fully saturated rings. The van der Waals surface area contributed by atoms with Crippen LogP contribution in [0, 0.1) is 5.92 Å². The van der Waals surface area contributed by atoms with Gasteiger partial charge in [0.15, 0.2) is 5.13 Å². The zero-order valence-corrected chi connectivity index (χ0v) is 15.4. The van der Waals surface area contributed by atoms with Crippen LogP contribution >= 0.6 is 27.3 Å². The number of benzene rings is 1.